The van der Waals surface area contributed by atoms with Gasteiger partial charge in [0.2, 0.25) is 0 Å². The van der Waals surface area contributed by atoms with Crippen molar-refractivity contribution in [3.05, 3.63) is 108 Å². The molecule has 27 heavy (non-hydrogen) atoms. The van der Waals surface area contributed by atoms with Gasteiger partial charge in [-0.05, 0) is 16.7 Å². The Bertz CT molecular complexity index is 813. The van der Waals surface area contributed by atoms with E-state index in [1.165, 1.54) is 11.1 Å². The molecule has 1 aliphatic heterocycles. The second kappa shape index (κ2) is 8.65. The standard InChI is InChI=1S/C24H24N2O/c1-4-10-19(11-5-1)18-27-26-22-16-23(20-12-6-2-7-13-20)25-24(17-22)21-14-8-3-9-15-21/h1-15,23-25H,16-18H2. The molecule has 0 radical (unpaired) electrons. The van der Waals surface area contributed by atoms with Crippen LogP contribution in [-0.2, 0) is 11.4 Å². The third-order valence-corrected chi connectivity index (χ3v) is 4.95. The van der Waals surface area contributed by atoms with E-state index in [0.29, 0.717) is 6.61 Å². The maximum absolute atomic E-state index is 5.69. The highest BCUT2D eigenvalue weighted by Gasteiger charge is 2.27. The molecule has 3 nitrogen and oxygen atoms in total. The number of rotatable bonds is 5. The van der Waals surface area contributed by atoms with E-state index in [1.807, 2.05) is 18.2 Å². The number of benzene rings is 3. The van der Waals surface area contributed by atoms with E-state index in [4.69, 9.17) is 4.84 Å². The van der Waals surface area contributed by atoms with Crippen LogP contribution >= 0.6 is 0 Å². The Kier molecular flexibility index (Phi) is 5.61. The first kappa shape index (κ1) is 17.5. The molecule has 0 saturated carbocycles. The van der Waals surface area contributed by atoms with Crippen molar-refractivity contribution in [1.29, 1.82) is 0 Å². The highest BCUT2D eigenvalue weighted by atomic mass is 16.6. The minimum atomic E-state index is 0.240. The lowest BCUT2D eigenvalue weighted by molar-refractivity contribution is 0.128. The van der Waals surface area contributed by atoms with Crippen LogP contribution in [0.5, 0.6) is 0 Å². The SMILES string of the molecule is c1ccc(CON=C2CC(c3ccccc3)NC(c3ccccc3)C2)cc1. The molecule has 0 spiro atoms. The van der Waals surface area contributed by atoms with Gasteiger partial charge in [0.1, 0.15) is 6.61 Å². The van der Waals surface area contributed by atoms with Crippen molar-refractivity contribution in [1.82, 2.24) is 5.32 Å². The van der Waals surface area contributed by atoms with Crippen molar-refractivity contribution in [2.24, 2.45) is 5.16 Å². The summed E-state index contributed by atoms with van der Waals surface area (Å²) in [6.07, 6.45) is 1.73. The summed E-state index contributed by atoms with van der Waals surface area (Å²) < 4.78 is 0. The van der Waals surface area contributed by atoms with Crippen LogP contribution in [0.1, 0.15) is 41.6 Å². The first-order valence-electron chi connectivity index (χ1n) is 9.46. The first-order valence-corrected chi connectivity index (χ1v) is 9.46. The summed E-state index contributed by atoms with van der Waals surface area (Å²) in [6, 6.07) is 31.8. The lowest BCUT2D eigenvalue weighted by atomic mass is 9.89. The van der Waals surface area contributed by atoms with Gasteiger partial charge >= 0.3 is 0 Å². The highest BCUT2D eigenvalue weighted by Crippen LogP contribution is 2.31. The van der Waals surface area contributed by atoms with Gasteiger partial charge in [0.15, 0.2) is 0 Å². The zero-order valence-electron chi connectivity index (χ0n) is 15.3. The van der Waals surface area contributed by atoms with Crippen LogP contribution in [0.3, 0.4) is 0 Å². The Labute approximate surface area is 160 Å². The molecule has 4 rings (SSSR count). The van der Waals surface area contributed by atoms with Gasteiger partial charge in [-0.1, -0.05) is 96.2 Å². The van der Waals surface area contributed by atoms with E-state index < -0.39 is 0 Å². The molecule has 1 fully saturated rings. The van der Waals surface area contributed by atoms with Crippen molar-refractivity contribution in [3.63, 3.8) is 0 Å². The zero-order valence-corrected chi connectivity index (χ0v) is 15.3. The molecule has 1 N–H and O–H groups in total. The second-order valence-corrected chi connectivity index (χ2v) is 6.92. The topological polar surface area (TPSA) is 33.6 Å². The van der Waals surface area contributed by atoms with Crippen LogP contribution in [0.15, 0.2) is 96.2 Å². The van der Waals surface area contributed by atoms with Crippen LogP contribution in [0.2, 0.25) is 0 Å². The maximum atomic E-state index is 5.69. The maximum Gasteiger partial charge on any atom is 0.142 e. The Morgan fingerprint density at radius 1 is 0.704 bits per heavy atom. The van der Waals surface area contributed by atoms with Crippen molar-refractivity contribution < 1.29 is 4.84 Å². The predicted molar refractivity (Wildman–Crippen MR) is 109 cm³/mol. The Morgan fingerprint density at radius 3 is 1.70 bits per heavy atom. The molecule has 0 bridgehead atoms. The fraction of sp³-hybridized carbons (Fsp3) is 0.208. The molecule has 3 aromatic carbocycles. The van der Waals surface area contributed by atoms with Gasteiger partial charge in [0.25, 0.3) is 0 Å². The van der Waals surface area contributed by atoms with Gasteiger partial charge in [-0.15, -0.1) is 0 Å². The van der Waals surface area contributed by atoms with Gasteiger partial charge in [0.05, 0.1) is 5.71 Å². The molecule has 0 aliphatic carbocycles. The van der Waals surface area contributed by atoms with E-state index >= 15 is 0 Å². The Morgan fingerprint density at radius 2 is 1.19 bits per heavy atom. The first-order chi connectivity index (χ1) is 13.4. The zero-order chi connectivity index (χ0) is 18.3. The predicted octanol–water partition coefficient (Wildman–Crippen LogP) is 5.43. The normalized spacial score (nSPS) is 19.5. The monoisotopic (exact) mass is 356 g/mol. The molecule has 1 saturated heterocycles. The lowest BCUT2D eigenvalue weighted by Crippen LogP contribution is -2.35. The van der Waals surface area contributed by atoms with Crippen molar-refractivity contribution in [2.75, 3.05) is 0 Å². The van der Waals surface area contributed by atoms with Crippen LogP contribution in [0.4, 0.5) is 0 Å². The molecule has 3 aromatic rings. The van der Waals surface area contributed by atoms with Gasteiger partial charge < -0.3 is 10.2 Å². The molecule has 136 valence electrons. The fourth-order valence-corrected chi connectivity index (χ4v) is 3.56. The van der Waals surface area contributed by atoms with E-state index in [1.54, 1.807) is 0 Å². The fourth-order valence-electron chi connectivity index (χ4n) is 3.56. The van der Waals surface area contributed by atoms with Crippen LogP contribution in [0.25, 0.3) is 0 Å². The third-order valence-electron chi connectivity index (χ3n) is 4.95. The average molecular weight is 356 g/mol. The molecule has 2 unspecified atom stereocenters. The van der Waals surface area contributed by atoms with Gasteiger partial charge in [-0.25, -0.2) is 0 Å². The van der Waals surface area contributed by atoms with Crippen molar-refractivity contribution >= 4 is 5.71 Å². The van der Waals surface area contributed by atoms with Gasteiger partial charge in [-0.2, -0.15) is 0 Å². The summed E-state index contributed by atoms with van der Waals surface area (Å²) in [5.41, 5.74) is 4.81. The third kappa shape index (κ3) is 4.63. The molecule has 0 aromatic heterocycles. The summed E-state index contributed by atoms with van der Waals surface area (Å²) in [4.78, 5) is 5.69. The number of piperidine rings is 1. The van der Waals surface area contributed by atoms with Crippen LogP contribution in [-0.4, -0.2) is 5.71 Å². The van der Waals surface area contributed by atoms with Gasteiger partial charge in [-0.3, -0.25) is 0 Å². The summed E-state index contributed by atoms with van der Waals surface area (Å²) in [5.74, 6) is 0. The number of nitrogens with one attached hydrogen (secondary N) is 1. The van der Waals surface area contributed by atoms with Crippen molar-refractivity contribution in [3.8, 4) is 0 Å². The summed E-state index contributed by atoms with van der Waals surface area (Å²) in [7, 11) is 0. The van der Waals surface area contributed by atoms with Crippen LogP contribution < -0.4 is 5.32 Å². The smallest absolute Gasteiger partial charge is 0.142 e. The molecule has 1 aliphatic rings. The second-order valence-electron chi connectivity index (χ2n) is 6.92. The van der Waals surface area contributed by atoms with Gasteiger partial charge in [0, 0.05) is 24.9 Å². The number of hydrogen-bond acceptors (Lipinski definition) is 3. The largest absolute Gasteiger partial charge is 0.391 e. The number of nitrogens with zero attached hydrogens (tertiary/aromatic N) is 1. The summed E-state index contributed by atoms with van der Waals surface area (Å²) >= 11 is 0. The highest BCUT2D eigenvalue weighted by molar-refractivity contribution is 5.86. The van der Waals surface area contributed by atoms with E-state index in [2.05, 4.69) is 83.3 Å². The number of oxime groups is 1. The molecule has 1 heterocycles. The van der Waals surface area contributed by atoms with E-state index in [9.17, 15) is 0 Å². The number of hydrogen-bond donors (Lipinski definition) is 1. The Balaban J connectivity index is 1.52. The quantitative estimate of drug-likeness (QED) is 0.619. The molecule has 0 amide bonds. The minimum absolute atomic E-state index is 0.240. The minimum Gasteiger partial charge on any atom is -0.391 e. The van der Waals surface area contributed by atoms with E-state index in [-0.39, 0.29) is 12.1 Å². The van der Waals surface area contributed by atoms with E-state index in [0.717, 1.165) is 24.1 Å². The Hall–Kier alpha value is -2.91. The molecule has 3 heteroatoms. The average Bonchev–Trinajstić information content (AvgIpc) is 2.76. The summed E-state index contributed by atoms with van der Waals surface area (Å²) in [6.45, 7) is 0.504. The summed E-state index contributed by atoms with van der Waals surface area (Å²) in [5, 5.41) is 8.29. The molecule has 2 atom stereocenters. The molecular formula is C24H24N2O. The van der Waals surface area contributed by atoms with Crippen LogP contribution in [0, 0.1) is 0 Å². The molecular weight excluding hydrogens is 332 g/mol. The lowest BCUT2D eigenvalue weighted by Gasteiger charge is -2.32. The van der Waals surface area contributed by atoms with Crippen molar-refractivity contribution in [2.45, 2.75) is 31.5 Å².